The smallest absolute Gasteiger partial charge is 0.234 e. The zero-order valence-corrected chi connectivity index (χ0v) is 6.13. The standard InChI is InChI=1S/C7H12N2O/c1-3-4-7(10)9(2)6-5-8/h1H,4-6,8H2,2H3. The highest BCUT2D eigenvalue weighted by molar-refractivity contribution is 5.78. The average molecular weight is 140 g/mol. The quantitative estimate of drug-likeness (QED) is 0.533. The summed E-state index contributed by atoms with van der Waals surface area (Å²) in [5.74, 6) is 2.23. The summed E-state index contributed by atoms with van der Waals surface area (Å²) in [7, 11) is 1.69. The minimum absolute atomic E-state index is 0.0482. The van der Waals surface area contributed by atoms with E-state index in [4.69, 9.17) is 12.2 Å². The maximum Gasteiger partial charge on any atom is 0.234 e. The molecule has 2 N–H and O–H groups in total. The molecule has 0 aliphatic carbocycles. The van der Waals surface area contributed by atoms with Crippen molar-refractivity contribution in [2.24, 2.45) is 5.73 Å². The number of carbonyl (C=O) groups excluding carboxylic acids is 1. The molecule has 0 radical (unpaired) electrons. The van der Waals surface area contributed by atoms with Crippen LogP contribution in [0, 0.1) is 12.3 Å². The predicted octanol–water partition coefficient (Wildman–Crippen LogP) is -0.573. The number of nitrogens with two attached hydrogens (primary N) is 1. The van der Waals surface area contributed by atoms with Gasteiger partial charge in [0.1, 0.15) is 0 Å². The van der Waals surface area contributed by atoms with Crippen molar-refractivity contribution in [3.8, 4) is 12.3 Å². The lowest BCUT2D eigenvalue weighted by Crippen LogP contribution is -2.31. The fraction of sp³-hybridized carbons (Fsp3) is 0.571. The second kappa shape index (κ2) is 4.83. The van der Waals surface area contributed by atoms with Crippen LogP contribution in [0.15, 0.2) is 0 Å². The molecule has 0 aromatic heterocycles. The average Bonchev–Trinajstić information content (AvgIpc) is 1.89. The SMILES string of the molecule is C#CCC(=O)N(C)CCN. The lowest BCUT2D eigenvalue weighted by atomic mass is 10.4. The first-order valence-electron chi connectivity index (χ1n) is 3.10. The molecular formula is C7H12N2O. The van der Waals surface area contributed by atoms with Gasteiger partial charge < -0.3 is 10.6 Å². The van der Waals surface area contributed by atoms with Crippen LogP contribution in [0.5, 0.6) is 0 Å². The van der Waals surface area contributed by atoms with E-state index in [1.54, 1.807) is 7.05 Å². The molecule has 0 saturated carbocycles. The van der Waals surface area contributed by atoms with Crippen LogP contribution < -0.4 is 5.73 Å². The highest BCUT2D eigenvalue weighted by Gasteiger charge is 2.03. The van der Waals surface area contributed by atoms with Crippen LogP contribution in [-0.2, 0) is 4.79 Å². The molecule has 0 aromatic rings. The zero-order chi connectivity index (χ0) is 7.98. The Morgan fingerprint density at radius 3 is 2.80 bits per heavy atom. The van der Waals surface area contributed by atoms with Crippen LogP contribution in [0.4, 0.5) is 0 Å². The molecule has 0 bridgehead atoms. The van der Waals surface area contributed by atoms with Crippen molar-refractivity contribution in [1.29, 1.82) is 0 Å². The summed E-state index contributed by atoms with van der Waals surface area (Å²) in [5, 5.41) is 0. The maximum atomic E-state index is 10.9. The maximum absolute atomic E-state index is 10.9. The molecule has 1 amide bonds. The molecule has 0 aromatic carbocycles. The Balaban J connectivity index is 3.62. The van der Waals surface area contributed by atoms with E-state index in [2.05, 4.69) is 5.92 Å². The Hall–Kier alpha value is -1.01. The van der Waals surface area contributed by atoms with Gasteiger partial charge in [-0.25, -0.2) is 0 Å². The fourth-order valence-corrected chi connectivity index (χ4v) is 0.541. The van der Waals surface area contributed by atoms with E-state index in [1.807, 2.05) is 0 Å². The summed E-state index contributed by atoms with van der Waals surface area (Å²) < 4.78 is 0. The van der Waals surface area contributed by atoms with E-state index in [9.17, 15) is 4.79 Å². The van der Waals surface area contributed by atoms with Crippen LogP contribution in [-0.4, -0.2) is 30.9 Å². The highest BCUT2D eigenvalue weighted by atomic mass is 16.2. The molecule has 0 saturated heterocycles. The molecule has 0 fully saturated rings. The number of likely N-dealkylation sites (N-methyl/N-ethyl adjacent to an activating group) is 1. The normalized spacial score (nSPS) is 8.50. The monoisotopic (exact) mass is 140 g/mol. The first kappa shape index (κ1) is 8.99. The molecule has 0 rings (SSSR count). The van der Waals surface area contributed by atoms with E-state index in [0.29, 0.717) is 13.1 Å². The molecule has 3 heteroatoms. The minimum atomic E-state index is -0.0482. The summed E-state index contributed by atoms with van der Waals surface area (Å²) in [6.45, 7) is 1.05. The Morgan fingerprint density at radius 2 is 2.40 bits per heavy atom. The summed E-state index contributed by atoms with van der Waals surface area (Å²) in [4.78, 5) is 12.4. The van der Waals surface area contributed by atoms with Gasteiger partial charge in [0.15, 0.2) is 0 Å². The van der Waals surface area contributed by atoms with Crippen LogP contribution >= 0.6 is 0 Å². The number of nitrogens with zero attached hydrogens (tertiary/aromatic N) is 1. The summed E-state index contributed by atoms with van der Waals surface area (Å²) in [6.07, 6.45) is 5.10. The van der Waals surface area contributed by atoms with Gasteiger partial charge in [-0.1, -0.05) is 5.92 Å². The van der Waals surface area contributed by atoms with Crippen molar-refractivity contribution in [2.45, 2.75) is 6.42 Å². The lowest BCUT2D eigenvalue weighted by molar-refractivity contribution is -0.128. The van der Waals surface area contributed by atoms with Crippen molar-refractivity contribution >= 4 is 5.91 Å². The van der Waals surface area contributed by atoms with Crippen molar-refractivity contribution in [2.75, 3.05) is 20.1 Å². The van der Waals surface area contributed by atoms with E-state index in [-0.39, 0.29) is 12.3 Å². The number of hydrogen-bond acceptors (Lipinski definition) is 2. The Kier molecular flexibility index (Phi) is 4.34. The van der Waals surface area contributed by atoms with Gasteiger partial charge in [-0.05, 0) is 0 Å². The highest BCUT2D eigenvalue weighted by Crippen LogP contribution is 1.86. The molecule has 0 aliphatic heterocycles. The van der Waals surface area contributed by atoms with Gasteiger partial charge in [0.2, 0.25) is 5.91 Å². The van der Waals surface area contributed by atoms with Crippen molar-refractivity contribution in [3.63, 3.8) is 0 Å². The van der Waals surface area contributed by atoms with Crippen molar-refractivity contribution in [3.05, 3.63) is 0 Å². The third-order valence-electron chi connectivity index (χ3n) is 1.14. The third-order valence-corrected chi connectivity index (χ3v) is 1.14. The van der Waals surface area contributed by atoms with E-state index < -0.39 is 0 Å². The van der Waals surface area contributed by atoms with Crippen LogP contribution in [0.3, 0.4) is 0 Å². The molecule has 0 unspecified atom stereocenters. The largest absolute Gasteiger partial charge is 0.344 e. The lowest BCUT2D eigenvalue weighted by Gasteiger charge is -2.13. The molecule has 10 heavy (non-hydrogen) atoms. The van der Waals surface area contributed by atoms with Crippen LogP contribution in [0.2, 0.25) is 0 Å². The number of terminal acetylenes is 1. The summed E-state index contributed by atoms with van der Waals surface area (Å²) in [6, 6.07) is 0. The molecular weight excluding hydrogens is 128 g/mol. The second-order valence-electron chi connectivity index (χ2n) is 1.98. The predicted molar refractivity (Wildman–Crippen MR) is 40.1 cm³/mol. The first-order valence-corrected chi connectivity index (χ1v) is 3.10. The second-order valence-corrected chi connectivity index (χ2v) is 1.98. The van der Waals surface area contributed by atoms with E-state index >= 15 is 0 Å². The van der Waals surface area contributed by atoms with Gasteiger partial charge in [0.05, 0.1) is 6.42 Å². The topological polar surface area (TPSA) is 46.3 Å². The fourth-order valence-electron chi connectivity index (χ4n) is 0.541. The molecule has 56 valence electrons. The van der Waals surface area contributed by atoms with Gasteiger partial charge in [-0.15, -0.1) is 6.42 Å². The Bertz CT molecular complexity index is 148. The summed E-state index contributed by atoms with van der Waals surface area (Å²) >= 11 is 0. The van der Waals surface area contributed by atoms with Gasteiger partial charge >= 0.3 is 0 Å². The van der Waals surface area contributed by atoms with Crippen molar-refractivity contribution in [1.82, 2.24) is 4.90 Å². The zero-order valence-electron chi connectivity index (χ0n) is 6.13. The molecule has 0 heterocycles. The molecule has 0 spiro atoms. The molecule has 0 aliphatic rings. The van der Waals surface area contributed by atoms with Gasteiger partial charge in [-0.3, -0.25) is 4.79 Å². The van der Waals surface area contributed by atoms with Crippen LogP contribution in [0.25, 0.3) is 0 Å². The van der Waals surface area contributed by atoms with Crippen molar-refractivity contribution < 1.29 is 4.79 Å². The number of carbonyl (C=O) groups is 1. The van der Waals surface area contributed by atoms with Gasteiger partial charge in [0.25, 0.3) is 0 Å². The molecule has 3 nitrogen and oxygen atoms in total. The van der Waals surface area contributed by atoms with E-state index in [1.165, 1.54) is 4.90 Å². The molecule has 0 atom stereocenters. The number of amides is 1. The van der Waals surface area contributed by atoms with E-state index in [0.717, 1.165) is 0 Å². The third kappa shape index (κ3) is 3.10. The summed E-state index contributed by atoms with van der Waals surface area (Å²) in [5.41, 5.74) is 5.22. The number of hydrogen-bond donors (Lipinski definition) is 1. The van der Waals surface area contributed by atoms with Gasteiger partial charge in [-0.2, -0.15) is 0 Å². The minimum Gasteiger partial charge on any atom is -0.344 e. The Morgan fingerprint density at radius 1 is 1.80 bits per heavy atom. The van der Waals surface area contributed by atoms with Crippen LogP contribution in [0.1, 0.15) is 6.42 Å². The Labute approximate surface area is 61.2 Å². The first-order chi connectivity index (χ1) is 4.72. The van der Waals surface area contributed by atoms with Gasteiger partial charge in [0, 0.05) is 20.1 Å². The number of rotatable bonds is 3.